The van der Waals surface area contributed by atoms with Gasteiger partial charge in [-0.2, -0.15) is 13.2 Å². The molecule has 0 spiro atoms. The highest BCUT2D eigenvalue weighted by Crippen LogP contribution is 2.35. The molecule has 11 heteroatoms. The lowest BCUT2D eigenvalue weighted by molar-refractivity contribution is -0.137. The summed E-state index contributed by atoms with van der Waals surface area (Å²) in [5, 5.41) is 10.5. The summed E-state index contributed by atoms with van der Waals surface area (Å²) < 4.78 is 45.7. The number of carbonyl (C=O) groups excluding carboxylic acids is 1. The number of aromatic nitrogens is 4. The number of ether oxygens (including phenoxy) is 1. The van der Waals surface area contributed by atoms with E-state index in [9.17, 15) is 18.0 Å². The molecule has 0 unspecified atom stereocenters. The molecule has 0 aliphatic carbocycles. The second kappa shape index (κ2) is 9.23. The van der Waals surface area contributed by atoms with Gasteiger partial charge in [-0.1, -0.05) is 16.8 Å². The molecule has 1 amide bonds. The predicted molar refractivity (Wildman–Crippen MR) is 103 cm³/mol. The Hall–Kier alpha value is -2.98. The molecule has 2 heterocycles. The zero-order chi connectivity index (χ0) is 21.7. The van der Waals surface area contributed by atoms with Gasteiger partial charge in [0.25, 0.3) is 5.91 Å². The van der Waals surface area contributed by atoms with Crippen LogP contribution in [0.25, 0.3) is 16.9 Å². The molecule has 0 saturated heterocycles. The van der Waals surface area contributed by atoms with Gasteiger partial charge in [0.2, 0.25) is 0 Å². The van der Waals surface area contributed by atoms with Gasteiger partial charge < -0.3 is 10.1 Å². The molecular formula is C19H17ClF3N5O2. The van der Waals surface area contributed by atoms with Crippen LogP contribution in [-0.2, 0) is 10.9 Å². The van der Waals surface area contributed by atoms with E-state index in [1.807, 2.05) is 0 Å². The molecule has 0 radical (unpaired) electrons. The van der Waals surface area contributed by atoms with Crippen molar-refractivity contribution in [3.63, 3.8) is 0 Å². The number of nitrogens with one attached hydrogen (secondary N) is 1. The number of amides is 1. The molecule has 0 atom stereocenters. The van der Waals surface area contributed by atoms with Gasteiger partial charge in [0.1, 0.15) is 5.69 Å². The molecule has 7 nitrogen and oxygen atoms in total. The second-order valence-electron chi connectivity index (χ2n) is 6.21. The van der Waals surface area contributed by atoms with Crippen LogP contribution in [0.5, 0.6) is 0 Å². The first kappa shape index (κ1) is 21.7. The van der Waals surface area contributed by atoms with Crippen LogP contribution in [0.4, 0.5) is 13.2 Å². The Kier molecular flexibility index (Phi) is 6.68. The fourth-order valence-corrected chi connectivity index (χ4v) is 2.92. The predicted octanol–water partition coefficient (Wildman–Crippen LogP) is 3.77. The van der Waals surface area contributed by atoms with E-state index in [1.54, 1.807) is 19.2 Å². The minimum Gasteiger partial charge on any atom is -0.385 e. The fraction of sp³-hybridized carbons (Fsp3) is 0.263. The number of pyridine rings is 1. The van der Waals surface area contributed by atoms with Gasteiger partial charge in [0.15, 0.2) is 5.69 Å². The zero-order valence-electron chi connectivity index (χ0n) is 15.8. The van der Waals surface area contributed by atoms with Crippen molar-refractivity contribution in [3.8, 4) is 16.9 Å². The molecule has 0 bridgehead atoms. The van der Waals surface area contributed by atoms with Crippen LogP contribution in [0.3, 0.4) is 0 Å². The van der Waals surface area contributed by atoms with Crippen LogP contribution in [-0.4, -0.2) is 46.1 Å². The Labute approximate surface area is 174 Å². The minimum atomic E-state index is -4.57. The molecule has 0 saturated carbocycles. The third kappa shape index (κ3) is 4.77. The second-order valence-corrected chi connectivity index (χ2v) is 6.61. The Morgan fingerprint density at radius 1 is 1.30 bits per heavy atom. The monoisotopic (exact) mass is 439 g/mol. The molecule has 0 fully saturated rings. The van der Waals surface area contributed by atoms with Crippen molar-refractivity contribution in [1.82, 2.24) is 25.3 Å². The van der Waals surface area contributed by atoms with Crippen LogP contribution in [0.15, 0.2) is 42.7 Å². The first-order chi connectivity index (χ1) is 14.3. The number of nitrogens with zero attached hydrogens (tertiary/aromatic N) is 4. The van der Waals surface area contributed by atoms with E-state index < -0.39 is 17.6 Å². The Bertz CT molecular complexity index is 1020. The number of benzene rings is 1. The van der Waals surface area contributed by atoms with Crippen molar-refractivity contribution in [3.05, 3.63) is 59.0 Å². The first-order valence-electron chi connectivity index (χ1n) is 8.83. The van der Waals surface area contributed by atoms with E-state index in [4.69, 9.17) is 16.3 Å². The maximum atomic E-state index is 13.2. The third-order valence-corrected chi connectivity index (χ3v) is 4.45. The average Bonchev–Trinajstić information content (AvgIpc) is 3.16. The molecule has 0 aliphatic rings. The molecule has 1 N–H and O–H groups in total. The number of methoxy groups -OCH3 is 1. The lowest BCUT2D eigenvalue weighted by Crippen LogP contribution is -2.26. The van der Waals surface area contributed by atoms with Crippen LogP contribution in [0.1, 0.15) is 22.5 Å². The molecular weight excluding hydrogens is 423 g/mol. The Balaban J connectivity index is 2.09. The van der Waals surface area contributed by atoms with Crippen molar-refractivity contribution >= 4 is 17.5 Å². The molecule has 0 aliphatic heterocycles. The van der Waals surface area contributed by atoms with E-state index in [2.05, 4.69) is 20.6 Å². The zero-order valence-corrected chi connectivity index (χ0v) is 16.5. The number of carbonyl (C=O) groups is 1. The van der Waals surface area contributed by atoms with Gasteiger partial charge in [-0.25, -0.2) is 4.68 Å². The van der Waals surface area contributed by atoms with Crippen molar-refractivity contribution < 1.29 is 22.7 Å². The van der Waals surface area contributed by atoms with Gasteiger partial charge in [-0.15, -0.1) is 5.10 Å². The first-order valence-corrected chi connectivity index (χ1v) is 9.21. The summed E-state index contributed by atoms with van der Waals surface area (Å²) in [6.45, 7) is 0.790. The summed E-state index contributed by atoms with van der Waals surface area (Å²) in [7, 11) is 1.55. The van der Waals surface area contributed by atoms with E-state index >= 15 is 0 Å². The smallest absolute Gasteiger partial charge is 0.385 e. The highest BCUT2D eigenvalue weighted by Gasteiger charge is 2.32. The number of hydrogen-bond donors (Lipinski definition) is 1. The summed E-state index contributed by atoms with van der Waals surface area (Å²) in [4.78, 5) is 16.7. The maximum absolute atomic E-state index is 13.2. The van der Waals surface area contributed by atoms with Crippen molar-refractivity contribution in [2.45, 2.75) is 12.6 Å². The topological polar surface area (TPSA) is 81.9 Å². The van der Waals surface area contributed by atoms with E-state index in [-0.39, 0.29) is 22.1 Å². The average molecular weight is 440 g/mol. The number of halogens is 4. The van der Waals surface area contributed by atoms with Crippen LogP contribution >= 0.6 is 11.6 Å². The Morgan fingerprint density at radius 2 is 2.10 bits per heavy atom. The maximum Gasteiger partial charge on any atom is 0.416 e. The van der Waals surface area contributed by atoms with E-state index in [1.165, 1.54) is 12.4 Å². The summed E-state index contributed by atoms with van der Waals surface area (Å²) in [5.74, 6) is -0.528. The summed E-state index contributed by atoms with van der Waals surface area (Å²) in [5.41, 5.74) is -0.406. The number of hydrogen-bond acceptors (Lipinski definition) is 5. The standard InChI is InChI=1S/C19H17ClF3N5O2/c1-30-9-3-8-25-18(29)16-17(12-4-2-7-24-11-12)28(27-26-16)15-10-13(19(21,22)23)5-6-14(15)20/h2,4-7,10-11H,3,8-9H2,1H3,(H,25,29). The largest absolute Gasteiger partial charge is 0.416 e. The summed E-state index contributed by atoms with van der Waals surface area (Å²) >= 11 is 6.16. The van der Waals surface area contributed by atoms with Crippen LogP contribution in [0.2, 0.25) is 5.02 Å². The molecule has 158 valence electrons. The van der Waals surface area contributed by atoms with Gasteiger partial charge in [0.05, 0.1) is 16.3 Å². The lowest BCUT2D eigenvalue weighted by Gasteiger charge is -2.13. The van der Waals surface area contributed by atoms with Gasteiger partial charge in [-0.3, -0.25) is 9.78 Å². The SMILES string of the molecule is COCCCNC(=O)c1nnn(-c2cc(C(F)(F)F)ccc2Cl)c1-c1cccnc1. The highest BCUT2D eigenvalue weighted by atomic mass is 35.5. The summed E-state index contributed by atoms with van der Waals surface area (Å²) in [6, 6.07) is 6.12. The number of alkyl halides is 3. The lowest BCUT2D eigenvalue weighted by atomic mass is 10.1. The molecule has 3 aromatic rings. The highest BCUT2D eigenvalue weighted by molar-refractivity contribution is 6.32. The molecule has 1 aromatic carbocycles. The fourth-order valence-electron chi connectivity index (χ4n) is 2.72. The summed E-state index contributed by atoms with van der Waals surface area (Å²) in [6.07, 6.45) is -1.01. The van der Waals surface area contributed by atoms with Crippen molar-refractivity contribution in [1.29, 1.82) is 0 Å². The van der Waals surface area contributed by atoms with Crippen LogP contribution in [0, 0.1) is 0 Å². The molecule has 30 heavy (non-hydrogen) atoms. The van der Waals surface area contributed by atoms with Gasteiger partial charge >= 0.3 is 6.18 Å². The third-order valence-electron chi connectivity index (χ3n) is 4.13. The minimum absolute atomic E-state index is 0.0186. The quantitative estimate of drug-likeness (QED) is 0.567. The van der Waals surface area contributed by atoms with Crippen molar-refractivity contribution in [2.75, 3.05) is 20.3 Å². The van der Waals surface area contributed by atoms with Gasteiger partial charge in [0, 0.05) is 38.2 Å². The molecule has 2 aromatic heterocycles. The van der Waals surface area contributed by atoms with E-state index in [0.29, 0.717) is 25.1 Å². The van der Waals surface area contributed by atoms with Crippen LogP contribution < -0.4 is 5.32 Å². The van der Waals surface area contributed by atoms with Gasteiger partial charge in [-0.05, 0) is 36.8 Å². The molecule has 3 rings (SSSR count). The van der Waals surface area contributed by atoms with E-state index in [0.717, 1.165) is 22.9 Å². The Morgan fingerprint density at radius 3 is 2.77 bits per heavy atom. The number of rotatable bonds is 7. The van der Waals surface area contributed by atoms with Crippen molar-refractivity contribution in [2.24, 2.45) is 0 Å². The normalized spacial score (nSPS) is 11.5.